The molecule has 0 aliphatic heterocycles. The van der Waals surface area contributed by atoms with E-state index in [1.807, 2.05) is 18.2 Å². The number of carbonyl (C=O) groups excluding carboxylic acids is 1. The van der Waals surface area contributed by atoms with Crippen LogP contribution in [0.1, 0.15) is 31.9 Å². The minimum absolute atomic E-state index is 0.0347. The Hall–Kier alpha value is -3.74. The van der Waals surface area contributed by atoms with E-state index >= 15 is 0 Å². The highest BCUT2D eigenvalue weighted by molar-refractivity contribution is 5.93. The van der Waals surface area contributed by atoms with Crippen molar-refractivity contribution >= 4 is 17.4 Å². The average molecular weight is 419 g/mol. The number of aromatic nitrogens is 1. The fraction of sp³-hybridized carbons (Fsp3) is 0.250. The van der Waals surface area contributed by atoms with Crippen LogP contribution >= 0.6 is 0 Å². The maximum atomic E-state index is 13.0. The molecule has 0 unspecified atom stereocenters. The van der Waals surface area contributed by atoms with Gasteiger partial charge in [0.2, 0.25) is 0 Å². The van der Waals surface area contributed by atoms with Crippen molar-refractivity contribution < 1.29 is 14.5 Å². The first kappa shape index (κ1) is 22.0. The third kappa shape index (κ3) is 5.88. The molecule has 0 aliphatic carbocycles. The van der Waals surface area contributed by atoms with E-state index in [0.29, 0.717) is 18.1 Å². The number of rotatable bonds is 7. The summed E-state index contributed by atoms with van der Waals surface area (Å²) < 4.78 is 5.56. The molecule has 0 saturated carbocycles. The van der Waals surface area contributed by atoms with Crippen molar-refractivity contribution in [3.05, 3.63) is 94.2 Å². The second-order valence-electron chi connectivity index (χ2n) is 8.15. The van der Waals surface area contributed by atoms with Crippen LogP contribution < -0.4 is 9.64 Å². The van der Waals surface area contributed by atoms with Crippen LogP contribution in [0.3, 0.4) is 0 Å². The largest absolute Gasteiger partial charge is 0.484 e. The molecule has 0 fully saturated rings. The number of amides is 1. The number of nitro groups is 1. The Balaban J connectivity index is 1.74. The molecule has 31 heavy (non-hydrogen) atoms. The number of benzene rings is 2. The lowest BCUT2D eigenvalue weighted by Gasteiger charge is -2.23. The molecular weight excluding hydrogens is 394 g/mol. The molecule has 0 N–H and O–H groups in total. The second-order valence-corrected chi connectivity index (χ2v) is 8.15. The van der Waals surface area contributed by atoms with Crippen molar-refractivity contribution in [1.29, 1.82) is 0 Å². The zero-order valence-corrected chi connectivity index (χ0v) is 17.8. The van der Waals surface area contributed by atoms with Gasteiger partial charge in [0, 0.05) is 18.3 Å². The topological polar surface area (TPSA) is 85.6 Å². The molecule has 1 heterocycles. The lowest BCUT2D eigenvalue weighted by molar-refractivity contribution is -0.384. The highest BCUT2D eigenvalue weighted by atomic mass is 16.6. The van der Waals surface area contributed by atoms with E-state index in [0.717, 1.165) is 5.56 Å². The Morgan fingerprint density at radius 2 is 1.71 bits per heavy atom. The van der Waals surface area contributed by atoms with Gasteiger partial charge in [0.1, 0.15) is 11.6 Å². The Morgan fingerprint density at radius 1 is 1.03 bits per heavy atom. The molecular formula is C24H25N3O4. The van der Waals surface area contributed by atoms with E-state index in [9.17, 15) is 14.9 Å². The molecule has 7 heteroatoms. The first-order valence-corrected chi connectivity index (χ1v) is 9.92. The Bertz CT molecular complexity index is 1030. The van der Waals surface area contributed by atoms with E-state index in [1.165, 1.54) is 29.8 Å². The van der Waals surface area contributed by atoms with Crippen LogP contribution in [0.15, 0.2) is 72.9 Å². The average Bonchev–Trinajstić information content (AvgIpc) is 2.76. The quantitative estimate of drug-likeness (QED) is 0.402. The Morgan fingerprint density at radius 3 is 2.26 bits per heavy atom. The van der Waals surface area contributed by atoms with E-state index in [4.69, 9.17) is 4.74 Å². The predicted molar refractivity (Wildman–Crippen MR) is 119 cm³/mol. The normalized spacial score (nSPS) is 11.1. The van der Waals surface area contributed by atoms with Crippen LogP contribution in [0.5, 0.6) is 5.75 Å². The summed E-state index contributed by atoms with van der Waals surface area (Å²) in [7, 11) is 0. The van der Waals surface area contributed by atoms with E-state index < -0.39 is 4.92 Å². The molecule has 1 aromatic heterocycles. The van der Waals surface area contributed by atoms with Gasteiger partial charge in [-0.05, 0) is 40.8 Å². The number of hydrogen-bond acceptors (Lipinski definition) is 5. The summed E-state index contributed by atoms with van der Waals surface area (Å²) in [5.41, 5.74) is 2.21. The summed E-state index contributed by atoms with van der Waals surface area (Å²) in [5.74, 6) is 0.645. The standard InChI is InChI=1S/C24H25N3O4/c1-24(2,3)19-9-7-18(8-10-19)16-26(22-6-4-5-15-25-22)23(28)17-31-21-13-11-20(12-14-21)27(29)30/h4-15H,16-17H2,1-3H3. The second kappa shape index (κ2) is 9.38. The molecule has 2 aromatic carbocycles. The molecule has 0 atom stereocenters. The molecule has 0 saturated heterocycles. The number of nitrogens with zero attached hydrogens (tertiary/aromatic N) is 3. The highest BCUT2D eigenvalue weighted by Gasteiger charge is 2.19. The molecule has 7 nitrogen and oxygen atoms in total. The molecule has 3 rings (SSSR count). The number of nitro benzene ring substituents is 1. The summed E-state index contributed by atoms with van der Waals surface area (Å²) >= 11 is 0. The van der Waals surface area contributed by atoms with Gasteiger partial charge in [-0.2, -0.15) is 0 Å². The van der Waals surface area contributed by atoms with Gasteiger partial charge in [-0.1, -0.05) is 51.1 Å². The summed E-state index contributed by atoms with van der Waals surface area (Å²) in [6, 6.07) is 19.2. The van der Waals surface area contributed by atoms with Crippen LogP contribution in [0.25, 0.3) is 0 Å². The first-order chi connectivity index (χ1) is 14.7. The number of carbonyl (C=O) groups is 1. The summed E-state index contributed by atoms with van der Waals surface area (Å²) in [4.78, 5) is 29.1. The summed E-state index contributed by atoms with van der Waals surface area (Å²) in [6.45, 7) is 6.60. The van der Waals surface area contributed by atoms with Crippen molar-refractivity contribution in [2.24, 2.45) is 0 Å². The number of anilines is 1. The van der Waals surface area contributed by atoms with Gasteiger partial charge >= 0.3 is 0 Å². The Labute approximate surface area is 181 Å². The van der Waals surface area contributed by atoms with Gasteiger partial charge in [-0.25, -0.2) is 4.98 Å². The van der Waals surface area contributed by atoms with E-state index in [2.05, 4.69) is 37.9 Å². The summed E-state index contributed by atoms with van der Waals surface area (Å²) in [5, 5.41) is 10.8. The van der Waals surface area contributed by atoms with Crippen LogP contribution in [0, 0.1) is 10.1 Å². The van der Waals surface area contributed by atoms with Crippen LogP contribution in [0.4, 0.5) is 11.5 Å². The van der Waals surface area contributed by atoms with Crippen LogP contribution in [0.2, 0.25) is 0 Å². The van der Waals surface area contributed by atoms with Gasteiger partial charge in [-0.15, -0.1) is 0 Å². The number of hydrogen-bond donors (Lipinski definition) is 0. The highest BCUT2D eigenvalue weighted by Crippen LogP contribution is 2.23. The molecule has 160 valence electrons. The minimum atomic E-state index is -0.483. The Kier molecular flexibility index (Phi) is 6.65. The molecule has 3 aromatic rings. The molecule has 0 spiro atoms. The maximum Gasteiger partial charge on any atom is 0.269 e. The zero-order valence-electron chi connectivity index (χ0n) is 17.8. The minimum Gasteiger partial charge on any atom is -0.484 e. The van der Waals surface area contributed by atoms with Gasteiger partial charge in [0.05, 0.1) is 11.5 Å². The monoisotopic (exact) mass is 419 g/mol. The maximum absolute atomic E-state index is 13.0. The van der Waals surface area contributed by atoms with Gasteiger partial charge in [-0.3, -0.25) is 19.8 Å². The molecule has 0 radical (unpaired) electrons. The smallest absolute Gasteiger partial charge is 0.269 e. The zero-order chi connectivity index (χ0) is 22.4. The SMILES string of the molecule is CC(C)(C)c1ccc(CN(C(=O)COc2ccc([N+](=O)[O-])cc2)c2ccccn2)cc1. The van der Waals surface area contributed by atoms with Crippen LogP contribution in [-0.2, 0) is 16.8 Å². The molecule has 1 amide bonds. The third-order valence-electron chi connectivity index (χ3n) is 4.80. The molecule has 0 bridgehead atoms. The third-order valence-corrected chi connectivity index (χ3v) is 4.80. The van der Waals surface area contributed by atoms with Crippen molar-refractivity contribution in [3.8, 4) is 5.75 Å². The molecule has 0 aliphatic rings. The van der Waals surface area contributed by atoms with Crippen molar-refractivity contribution in [1.82, 2.24) is 4.98 Å². The van der Waals surface area contributed by atoms with Crippen LogP contribution in [-0.4, -0.2) is 22.4 Å². The van der Waals surface area contributed by atoms with Gasteiger partial charge in [0.15, 0.2) is 6.61 Å². The number of non-ortho nitro benzene ring substituents is 1. The van der Waals surface area contributed by atoms with E-state index in [1.54, 1.807) is 23.2 Å². The number of pyridine rings is 1. The first-order valence-electron chi connectivity index (χ1n) is 9.92. The summed E-state index contributed by atoms with van der Waals surface area (Å²) in [6.07, 6.45) is 1.63. The van der Waals surface area contributed by atoms with Crippen molar-refractivity contribution in [3.63, 3.8) is 0 Å². The van der Waals surface area contributed by atoms with Crippen molar-refractivity contribution in [2.75, 3.05) is 11.5 Å². The van der Waals surface area contributed by atoms with E-state index in [-0.39, 0.29) is 23.6 Å². The number of ether oxygens (including phenoxy) is 1. The predicted octanol–water partition coefficient (Wildman–Crippen LogP) is 4.90. The van der Waals surface area contributed by atoms with Crippen molar-refractivity contribution in [2.45, 2.75) is 32.7 Å². The lowest BCUT2D eigenvalue weighted by Crippen LogP contribution is -2.35. The lowest BCUT2D eigenvalue weighted by atomic mass is 9.87. The fourth-order valence-corrected chi connectivity index (χ4v) is 2.99. The van der Waals surface area contributed by atoms with Gasteiger partial charge < -0.3 is 4.74 Å². The van der Waals surface area contributed by atoms with Gasteiger partial charge in [0.25, 0.3) is 11.6 Å². The fourth-order valence-electron chi connectivity index (χ4n) is 2.99.